The van der Waals surface area contributed by atoms with Gasteiger partial charge in [-0.2, -0.15) is 4.31 Å². The fraction of sp³-hybridized carbons (Fsp3) is 0.429. The van der Waals surface area contributed by atoms with Crippen LogP contribution in [0.4, 0.5) is 0 Å². The number of carbonyl (C=O) groups is 2. The molecule has 0 saturated carbocycles. The standard InChI is InChI=1S/C21H28N2O5S/c1-7-23-15(4)18(14(3)19(23)21(25)28-8-2)20(24)16(5)22(6)29(26,27)17-12-10-9-11-13-17/h9-13,16H,7-8H2,1-6H3/t16-/m0/s1. The zero-order valence-corrected chi connectivity index (χ0v) is 18.5. The molecule has 0 fully saturated rings. The Labute approximate surface area is 172 Å². The summed E-state index contributed by atoms with van der Waals surface area (Å²) in [5.41, 5.74) is 1.81. The van der Waals surface area contributed by atoms with Gasteiger partial charge in [-0.25, -0.2) is 13.2 Å². The van der Waals surface area contributed by atoms with E-state index in [1.54, 1.807) is 50.5 Å². The Morgan fingerprint density at radius 3 is 2.24 bits per heavy atom. The lowest BCUT2D eigenvalue weighted by molar-refractivity contribution is 0.0512. The molecule has 0 aliphatic carbocycles. The SMILES string of the molecule is CCOC(=O)c1c(C)c(C(=O)[C@H](C)N(C)S(=O)(=O)c2ccccc2)c(C)n1CC. The van der Waals surface area contributed by atoms with Gasteiger partial charge in [0.1, 0.15) is 5.69 Å². The quantitative estimate of drug-likeness (QED) is 0.484. The number of Topliss-reactive ketones (excluding diaryl/α,β-unsaturated/α-hetero) is 1. The van der Waals surface area contributed by atoms with Crippen LogP contribution in [0.25, 0.3) is 0 Å². The normalized spacial score (nSPS) is 12.8. The molecule has 29 heavy (non-hydrogen) atoms. The molecular formula is C21H28N2O5S. The van der Waals surface area contributed by atoms with Crippen LogP contribution in [0, 0.1) is 13.8 Å². The first kappa shape index (κ1) is 22.8. The third kappa shape index (κ3) is 4.13. The summed E-state index contributed by atoms with van der Waals surface area (Å²) in [4.78, 5) is 25.8. The van der Waals surface area contributed by atoms with E-state index >= 15 is 0 Å². The highest BCUT2D eigenvalue weighted by atomic mass is 32.2. The van der Waals surface area contributed by atoms with Crippen molar-refractivity contribution in [2.24, 2.45) is 0 Å². The summed E-state index contributed by atoms with van der Waals surface area (Å²) in [6, 6.07) is 7.03. The molecule has 0 radical (unpaired) electrons. The molecule has 0 bridgehead atoms. The van der Waals surface area contributed by atoms with Crippen LogP contribution >= 0.6 is 0 Å². The van der Waals surface area contributed by atoms with Gasteiger partial charge in [0, 0.05) is 24.8 Å². The Balaban J connectivity index is 2.48. The monoisotopic (exact) mass is 420 g/mol. The van der Waals surface area contributed by atoms with E-state index in [1.165, 1.54) is 19.2 Å². The average Bonchev–Trinajstić information content (AvgIpc) is 2.96. The van der Waals surface area contributed by atoms with Gasteiger partial charge in [0.15, 0.2) is 5.78 Å². The van der Waals surface area contributed by atoms with Crippen molar-refractivity contribution < 1.29 is 22.7 Å². The van der Waals surface area contributed by atoms with E-state index in [9.17, 15) is 18.0 Å². The molecule has 0 N–H and O–H groups in total. The van der Waals surface area contributed by atoms with E-state index in [0.29, 0.717) is 29.1 Å². The summed E-state index contributed by atoms with van der Waals surface area (Å²) in [6.07, 6.45) is 0. The highest BCUT2D eigenvalue weighted by molar-refractivity contribution is 7.89. The lowest BCUT2D eigenvalue weighted by Gasteiger charge is -2.23. The first-order valence-electron chi connectivity index (χ1n) is 9.53. The van der Waals surface area contributed by atoms with Gasteiger partial charge in [0.25, 0.3) is 0 Å². The van der Waals surface area contributed by atoms with Crippen LogP contribution in [0.15, 0.2) is 35.2 Å². The van der Waals surface area contributed by atoms with Crippen LogP contribution in [-0.2, 0) is 21.3 Å². The van der Waals surface area contributed by atoms with Crippen molar-refractivity contribution in [3.63, 3.8) is 0 Å². The van der Waals surface area contributed by atoms with E-state index in [2.05, 4.69) is 0 Å². The minimum atomic E-state index is -3.84. The van der Waals surface area contributed by atoms with Gasteiger partial charge in [-0.05, 0) is 52.3 Å². The van der Waals surface area contributed by atoms with Gasteiger partial charge >= 0.3 is 5.97 Å². The van der Waals surface area contributed by atoms with E-state index in [1.807, 2.05) is 6.92 Å². The Morgan fingerprint density at radius 2 is 1.72 bits per heavy atom. The number of sulfonamides is 1. The number of rotatable bonds is 8. The van der Waals surface area contributed by atoms with Crippen LogP contribution in [0.5, 0.6) is 0 Å². The van der Waals surface area contributed by atoms with Crippen LogP contribution in [0.2, 0.25) is 0 Å². The molecule has 7 nitrogen and oxygen atoms in total. The molecule has 8 heteroatoms. The van der Waals surface area contributed by atoms with Gasteiger partial charge < -0.3 is 9.30 Å². The van der Waals surface area contributed by atoms with Gasteiger partial charge in [0.05, 0.1) is 17.5 Å². The average molecular weight is 421 g/mol. The van der Waals surface area contributed by atoms with Gasteiger partial charge in [-0.3, -0.25) is 4.79 Å². The Kier molecular flexibility index (Phi) is 7.02. The molecule has 1 aromatic heterocycles. The third-order valence-corrected chi connectivity index (χ3v) is 7.09. The molecule has 1 heterocycles. The van der Waals surface area contributed by atoms with Crippen molar-refractivity contribution in [1.82, 2.24) is 8.87 Å². The maximum atomic E-state index is 13.3. The van der Waals surface area contributed by atoms with Gasteiger partial charge in [0.2, 0.25) is 10.0 Å². The number of aromatic nitrogens is 1. The number of hydrogen-bond donors (Lipinski definition) is 0. The van der Waals surface area contributed by atoms with Gasteiger partial charge in [-0.15, -0.1) is 0 Å². The molecule has 1 atom stereocenters. The summed E-state index contributed by atoms with van der Waals surface area (Å²) in [5, 5.41) is 0. The maximum Gasteiger partial charge on any atom is 0.355 e. The molecular weight excluding hydrogens is 392 g/mol. The lowest BCUT2D eigenvalue weighted by atomic mass is 10.0. The molecule has 2 aromatic rings. The van der Waals surface area contributed by atoms with Crippen molar-refractivity contribution >= 4 is 21.8 Å². The van der Waals surface area contributed by atoms with Crippen LogP contribution in [0.1, 0.15) is 52.9 Å². The Morgan fingerprint density at radius 1 is 1.14 bits per heavy atom. The minimum absolute atomic E-state index is 0.119. The zero-order valence-electron chi connectivity index (χ0n) is 17.7. The number of ether oxygens (including phenoxy) is 1. The summed E-state index contributed by atoms with van der Waals surface area (Å²) in [5.74, 6) is -0.855. The predicted molar refractivity (Wildman–Crippen MR) is 111 cm³/mol. The van der Waals surface area contributed by atoms with Crippen molar-refractivity contribution in [3.05, 3.63) is 52.8 Å². The highest BCUT2D eigenvalue weighted by Gasteiger charge is 2.34. The summed E-state index contributed by atoms with van der Waals surface area (Å²) < 4.78 is 33.7. The second kappa shape index (κ2) is 8.92. The molecule has 158 valence electrons. The number of esters is 1. The second-order valence-corrected chi connectivity index (χ2v) is 8.77. The second-order valence-electron chi connectivity index (χ2n) is 6.77. The van der Waals surface area contributed by atoms with Crippen molar-refractivity contribution in [2.45, 2.75) is 52.1 Å². The minimum Gasteiger partial charge on any atom is -0.461 e. The van der Waals surface area contributed by atoms with Crippen LogP contribution in [-0.4, -0.2) is 48.7 Å². The number of ketones is 1. The number of benzene rings is 1. The molecule has 0 aliphatic heterocycles. The fourth-order valence-corrected chi connectivity index (χ4v) is 4.80. The van der Waals surface area contributed by atoms with Crippen molar-refractivity contribution in [3.8, 4) is 0 Å². The molecule has 2 rings (SSSR count). The van der Waals surface area contributed by atoms with Crippen molar-refractivity contribution in [1.29, 1.82) is 0 Å². The number of hydrogen-bond acceptors (Lipinski definition) is 5. The maximum absolute atomic E-state index is 13.3. The molecule has 1 aromatic carbocycles. The summed E-state index contributed by atoms with van der Waals surface area (Å²) >= 11 is 0. The highest BCUT2D eigenvalue weighted by Crippen LogP contribution is 2.27. The van der Waals surface area contributed by atoms with E-state index in [0.717, 1.165) is 4.31 Å². The smallest absolute Gasteiger partial charge is 0.355 e. The van der Waals surface area contributed by atoms with E-state index < -0.39 is 22.0 Å². The Bertz CT molecular complexity index is 1010. The molecule has 0 saturated heterocycles. The first-order valence-corrected chi connectivity index (χ1v) is 11.0. The molecule has 0 unspecified atom stereocenters. The molecule has 0 spiro atoms. The van der Waals surface area contributed by atoms with Gasteiger partial charge in [-0.1, -0.05) is 18.2 Å². The van der Waals surface area contributed by atoms with Crippen LogP contribution < -0.4 is 0 Å². The topological polar surface area (TPSA) is 85.7 Å². The number of nitrogens with zero attached hydrogens (tertiary/aromatic N) is 2. The number of carbonyl (C=O) groups excluding carboxylic acids is 2. The van der Waals surface area contributed by atoms with Crippen molar-refractivity contribution in [2.75, 3.05) is 13.7 Å². The summed E-state index contributed by atoms with van der Waals surface area (Å²) in [7, 11) is -2.45. The third-order valence-electron chi connectivity index (χ3n) is 5.14. The van der Waals surface area contributed by atoms with Crippen LogP contribution in [0.3, 0.4) is 0 Å². The van der Waals surface area contributed by atoms with E-state index in [-0.39, 0.29) is 17.3 Å². The Hall–Kier alpha value is -2.45. The predicted octanol–water partition coefficient (Wildman–Crippen LogP) is 3.19. The molecule has 0 amide bonds. The van der Waals surface area contributed by atoms with E-state index in [4.69, 9.17) is 4.74 Å². The zero-order chi connectivity index (χ0) is 21.9. The lowest BCUT2D eigenvalue weighted by Crippen LogP contribution is -2.40. The summed E-state index contributed by atoms with van der Waals surface area (Å²) in [6.45, 7) is 9.30. The number of likely N-dealkylation sites (N-methyl/N-ethyl adjacent to an activating group) is 1. The fourth-order valence-electron chi connectivity index (χ4n) is 3.46. The largest absolute Gasteiger partial charge is 0.461 e. The first-order chi connectivity index (χ1) is 13.6. The molecule has 0 aliphatic rings.